The van der Waals surface area contributed by atoms with Gasteiger partial charge in [-0.1, -0.05) is 24.3 Å². The Bertz CT molecular complexity index is 530. The maximum Gasteiger partial charge on any atom is 0.136 e. The smallest absolute Gasteiger partial charge is 0.136 e. The lowest BCUT2D eigenvalue weighted by atomic mass is 10.1. The van der Waals surface area contributed by atoms with Gasteiger partial charge in [-0.05, 0) is 10.9 Å². The van der Waals surface area contributed by atoms with E-state index in [1.165, 1.54) is 5.39 Å². The molecule has 0 fully saturated rings. The van der Waals surface area contributed by atoms with E-state index >= 15 is 0 Å². The quantitative estimate of drug-likeness (QED) is 0.776. The van der Waals surface area contributed by atoms with Crippen LogP contribution in [0.3, 0.4) is 0 Å². The van der Waals surface area contributed by atoms with Gasteiger partial charge < -0.3 is 9.64 Å². The molecule has 4 heteroatoms. The molecule has 0 saturated heterocycles. The van der Waals surface area contributed by atoms with E-state index in [0.717, 1.165) is 23.3 Å². The normalized spacial score (nSPS) is 10.8. The third kappa shape index (κ3) is 2.57. The van der Waals surface area contributed by atoms with Gasteiger partial charge in [0.2, 0.25) is 0 Å². The maximum absolute atomic E-state index is 5.95. The molecule has 0 aliphatic heterocycles. The Morgan fingerprint density at radius 1 is 1.28 bits per heavy atom. The maximum atomic E-state index is 5.95. The molecule has 0 unspecified atom stereocenters. The lowest BCUT2D eigenvalue weighted by molar-refractivity contribution is 0.206. The highest BCUT2D eigenvalue weighted by molar-refractivity contribution is 6.18. The molecule has 96 valence electrons. The summed E-state index contributed by atoms with van der Waals surface area (Å²) in [5.74, 6) is 1.45. The largest absolute Gasteiger partial charge is 0.383 e. The minimum absolute atomic E-state index is 0.482. The Balaban J connectivity index is 2.45. The van der Waals surface area contributed by atoms with E-state index < -0.39 is 0 Å². The Labute approximate surface area is 112 Å². The number of methoxy groups -OCH3 is 1. The van der Waals surface area contributed by atoms with Gasteiger partial charge in [0, 0.05) is 38.2 Å². The first-order valence-corrected chi connectivity index (χ1v) is 6.44. The standard InChI is InChI=1S/C14H17ClN2O/c1-17(7-8-18-2)14-13-6-4-3-5-12(13)11(9-15)10-16-14/h3-6,10H,7-9H2,1-2H3. The van der Waals surface area contributed by atoms with Crippen molar-refractivity contribution in [3.8, 4) is 0 Å². The van der Waals surface area contributed by atoms with E-state index in [1.807, 2.05) is 25.4 Å². The summed E-state index contributed by atoms with van der Waals surface area (Å²) >= 11 is 5.95. The van der Waals surface area contributed by atoms with Crippen molar-refractivity contribution in [2.24, 2.45) is 0 Å². The first-order valence-electron chi connectivity index (χ1n) is 5.90. The van der Waals surface area contributed by atoms with Crippen molar-refractivity contribution in [2.75, 3.05) is 32.2 Å². The fourth-order valence-corrected chi connectivity index (χ4v) is 2.19. The van der Waals surface area contributed by atoms with Crippen molar-refractivity contribution < 1.29 is 4.74 Å². The van der Waals surface area contributed by atoms with Gasteiger partial charge in [0.15, 0.2) is 0 Å². The predicted molar refractivity (Wildman–Crippen MR) is 76.4 cm³/mol. The molecule has 0 aliphatic carbocycles. The molecule has 1 aromatic carbocycles. The summed E-state index contributed by atoms with van der Waals surface area (Å²) in [6, 6.07) is 8.21. The number of aromatic nitrogens is 1. The Morgan fingerprint density at radius 2 is 2.00 bits per heavy atom. The van der Waals surface area contributed by atoms with Crippen LogP contribution in [0, 0.1) is 0 Å². The van der Waals surface area contributed by atoms with Crippen molar-refractivity contribution in [1.29, 1.82) is 0 Å². The number of anilines is 1. The minimum atomic E-state index is 0.482. The number of nitrogens with zero attached hydrogens (tertiary/aromatic N) is 2. The monoisotopic (exact) mass is 264 g/mol. The molecule has 18 heavy (non-hydrogen) atoms. The third-order valence-electron chi connectivity index (χ3n) is 2.99. The number of pyridine rings is 1. The van der Waals surface area contributed by atoms with Crippen LogP contribution in [0.5, 0.6) is 0 Å². The molecule has 0 aliphatic rings. The van der Waals surface area contributed by atoms with Gasteiger partial charge in [0.05, 0.1) is 6.61 Å². The van der Waals surface area contributed by atoms with Crippen LogP contribution >= 0.6 is 11.6 Å². The molecule has 0 spiro atoms. The fourth-order valence-electron chi connectivity index (χ4n) is 1.98. The van der Waals surface area contributed by atoms with Crippen LogP contribution in [-0.4, -0.2) is 32.3 Å². The summed E-state index contributed by atoms with van der Waals surface area (Å²) in [6.45, 7) is 1.50. The number of alkyl halides is 1. The summed E-state index contributed by atoms with van der Waals surface area (Å²) in [6.07, 6.45) is 1.86. The van der Waals surface area contributed by atoms with E-state index in [-0.39, 0.29) is 0 Å². The lowest BCUT2D eigenvalue weighted by Crippen LogP contribution is -2.23. The van der Waals surface area contributed by atoms with E-state index in [1.54, 1.807) is 7.11 Å². The van der Waals surface area contributed by atoms with Crippen molar-refractivity contribution in [3.63, 3.8) is 0 Å². The molecule has 0 saturated carbocycles. The average Bonchev–Trinajstić information content (AvgIpc) is 2.43. The first kappa shape index (κ1) is 13.1. The number of likely N-dealkylation sites (N-methyl/N-ethyl adjacent to an activating group) is 1. The van der Waals surface area contributed by atoms with Gasteiger partial charge in [-0.15, -0.1) is 11.6 Å². The van der Waals surface area contributed by atoms with Gasteiger partial charge >= 0.3 is 0 Å². The SMILES string of the molecule is COCCN(C)c1ncc(CCl)c2ccccc12. The van der Waals surface area contributed by atoms with Crippen LogP contribution in [-0.2, 0) is 10.6 Å². The molecular formula is C14H17ClN2O. The molecule has 1 heterocycles. The number of ether oxygens (including phenoxy) is 1. The first-order chi connectivity index (χ1) is 8.77. The van der Waals surface area contributed by atoms with Gasteiger partial charge in [0.25, 0.3) is 0 Å². The topological polar surface area (TPSA) is 25.4 Å². The average molecular weight is 265 g/mol. The molecule has 0 radical (unpaired) electrons. The number of benzene rings is 1. The lowest BCUT2D eigenvalue weighted by Gasteiger charge is -2.20. The summed E-state index contributed by atoms with van der Waals surface area (Å²) in [5.41, 5.74) is 1.07. The van der Waals surface area contributed by atoms with E-state index in [0.29, 0.717) is 12.5 Å². The molecule has 0 amide bonds. The molecule has 3 nitrogen and oxygen atoms in total. The van der Waals surface area contributed by atoms with Gasteiger partial charge in [0.1, 0.15) is 5.82 Å². The molecule has 0 N–H and O–H groups in total. The molecule has 2 rings (SSSR count). The van der Waals surface area contributed by atoms with Crippen LogP contribution in [0.1, 0.15) is 5.56 Å². The molecule has 1 aromatic heterocycles. The highest BCUT2D eigenvalue weighted by Crippen LogP contribution is 2.27. The van der Waals surface area contributed by atoms with Crippen molar-refractivity contribution in [3.05, 3.63) is 36.0 Å². The van der Waals surface area contributed by atoms with Crippen LogP contribution in [0.25, 0.3) is 10.8 Å². The van der Waals surface area contributed by atoms with E-state index in [4.69, 9.17) is 16.3 Å². The number of hydrogen-bond acceptors (Lipinski definition) is 3. The molecular weight excluding hydrogens is 248 g/mol. The minimum Gasteiger partial charge on any atom is -0.383 e. The number of fused-ring (bicyclic) bond motifs is 1. The highest BCUT2D eigenvalue weighted by atomic mass is 35.5. The van der Waals surface area contributed by atoms with Crippen molar-refractivity contribution >= 4 is 28.2 Å². The van der Waals surface area contributed by atoms with Crippen molar-refractivity contribution in [2.45, 2.75) is 5.88 Å². The Hall–Kier alpha value is -1.32. The van der Waals surface area contributed by atoms with Gasteiger partial charge in [-0.25, -0.2) is 4.98 Å². The van der Waals surface area contributed by atoms with E-state index in [9.17, 15) is 0 Å². The summed E-state index contributed by atoms with van der Waals surface area (Å²) in [5, 5.41) is 2.30. The number of rotatable bonds is 5. The Kier molecular flexibility index (Phi) is 4.39. The third-order valence-corrected chi connectivity index (χ3v) is 3.28. The zero-order valence-corrected chi connectivity index (χ0v) is 11.4. The van der Waals surface area contributed by atoms with Crippen LogP contribution in [0.4, 0.5) is 5.82 Å². The molecule has 0 bridgehead atoms. The second kappa shape index (κ2) is 6.03. The predicted octanol–water partition coefficient (Wildman–Crippen LogP) is 3.06. The second-order valence-electron chi connectivity index (χ2n) is 4.20. The van der Waals surface area contributed by atoms with Crippen LogP contribution in [0.2, 0.25) is 0 Å². The number of hydrogen-bond donors (Lipinski definition) is 0. The highest BCUT2D eigenvalue weighted by Gasteiger charge is 2.09. The fraction of sp³-hybridized carbons (Fsp3) is 0.357. The summed E-state index contributed by atoms with van der Waals surface area (Å²) < 4.78 is 5.10. The van der Waals surface area contributed by atoms with Gasteiger partial charge in [-0.3, -0.25) is 0 Å². The molecule has 0 atom stereocenters. The second-order valence-corrected chi connectivity index (χ2v) is 4.47. The summed E-state index contributed by atoms with van der Waals surface area (Å²) in [7, 11) is 3.73. The summed E-state index contributed by atoms with van der Waals surface area (Å²) in [4.78, 5) is 6.62. The van der Waals surface area contributed by atoms with Crippen LogP contribution in [0.15, 0.2) is 30.5 Å². The van der Waals surface area contributed by atoms with E-state index in [2.05, 4.69) is 22.0 Å². The van der Waals surface area contributed by atoms with Gasteiger partial charge in [-0.2, -0.15) is 0 Å². The molecule has 2 aromatic rings. The zero-order valence-electron chi connectivity index (χ0n) is 10.7. The Morgan fingerprint density at radius 3 is 2.67 bits per heavy atom. The van der Waals surface area contributed by atoms with Crippen LogP contribution < -0.4 is 4.90 Å². The van der Waals surface area contributed by atoms with Crippen molar-refractivity contribution in [1.82, 2.24) is 4.98 Å². The zero-order chi connectivity index (χ0) is 13.0. The number of halogens is 1.